The number of nitrogens with zero attached hydrogens (tertiary/aromatic N) is 2. The van der Waals surface area contributed by atoms with Gasteiger partial charge in [0.25, 0.3) is 0 Å². The summed E-state index contributed by atoms with van der Waals surface area (Å²) in [5.74, 6) is 0.894. The van der Waals surface area contributed by atoms with Crippen LogP contribution in [0.1, 0.15) is 28.3 Å². The highest BCUT2D eigenvalue weighted by molar-refractivity contribution is 5.48. The highest BCUT2D eigenvalue weighted by Gasteiger charge is 2.20. The fourth-order valence-electron chi connectivity index (χ4n) is 2.45. The summed E-state index contributed by atoms with van der Waals surface area (Å²) < 4.78 is 5.51. The van der Waals surface area contributed by atoms with Gasteiger partial charge < -0.3 is 10.5 Å². The van der Waals surface area contributed by atoms with Gasteiger partial charge in [0.15, 0.2) is 0 Å². The van der Waals surface area contributed by atoms with Crippen LogP contribution in [0.25, 0.3) is 0 Å². The van der Waals surface area contributed by atoms with Crippen molar-refractivity contribution < 1.29 is 4.74 Å². The van der Waals surface area contributed by atoms with E-state index in [1.807, 2.05) is 12.1 Å². The minimum absolute atomic E-state index is 0.0264. The molecule has 19 heavy (non-hydrogen) atoms. The van der Waals surface area contributed by atoms with Crippen LogP contribution in [0.4, 0.5) is 0 Å². The van der Waals surface area contributed by atoms with E-state index in [9.17, 15) is 0 Å². The molecule has 0 aliphatic heterocycles. The normalized spacial score (nSPS) is 12.2. The van der Waals surface area contributed by atoms with Gasteiger partial charge in [-0.15, -0.1) is 0 Å². The van der Waals surface area contributed by atoms with Crippen LogP contribution in [-0.2, 0) is 0 Å². The first-order valence-electron chi connectivity index (χ1n) is 6.28. The lowest BCUT2D eigenvalue weighted by molar-refractivity contribution is 0.406. The second-order valence-electron chi connectivity index (χ2n) is 4.62. The molecule has 0 fully saturated rings. The highest BCUT2D eigenvalue weighted by Crippen LogP contribution is 2.33. The maximum absolute atomic E-state index is 5.95. The summed E-state index contributed by atoms with van der Waals surface area (Å²) in [6, 6.07) is 6.07. The standard InChI is InChI=1S/C15H19N3O/c1-10-6-11(2)15(14(7-10)19-3)12(8-16)13-4-5-17-9-18-13/h4-7,9,12H,8,16H2,1-3H3. The molecular formula is C15H19N3O. The van der Waals surface area contributed by atoms with Gasteiger partial charge in [0.1, 0.15) is 12.1 Å². The van der Waals surface area contributed by atoms with Crippen LogP contribution in [0, 0.1) is 13.8 Å². The van der Waals surface area contributed by atoms with E-state index in [2.05, 4.69) is 29.9 Å². The number of methoxy groups -OCH3 is 1. The van der Waals surface area contributed by atoms with Gasteiger partial charge in [0, 0.05) is 24.2 Å². The van der Waals surface area contributed by atoms with E-state index < -0.39 is 0 Å². The van der Waals surface area contributed by atoms with Crippen LogP contribution < -0.4 is 10.5 Å². The molecule has 0 saturated heterocycles. The van der Waals surface area contributed by atoms with E-state index in [-0.39, 0.29) is 5.92 Å². The molecule has 1 heterocycles. The zero-order valence-corrected chi connectivity index (χ0v) is 11.6. The first-order valence-corrected chi connectivity index (χ1v) is 6.28. The fraction of sp³-hybridized carbons (Fsp3) is 0.333. The van der Waals surface area contributed by atoms with E-state index in [1.54, 1.807) is 19.6 Å². The third-order valence-corrected chi connectivity index (χ3v) is 3.26. The van der Waals surface area contributed by atoms with Crippen molar-refractivity contribution in [1.82, 2.24) is 9.97 Å². The van der Waals surface area contributed by atoms with Crippen molar-refractivity contribution in [3.05, 3.63) is 53.1 Å². The van der Waals surface area contributed by atoms with E-state index in [0.717, 1.165) is 17.0 Å². The monoisotopic (exact) mass is 257 g/mol. The second kappa shape index (κ2) is 5.80. The third kappa shape index (κ3) is 2.74. The summed E-state index contributed by atoms with van der Waals surface area (Å²) in [7, 11) is 1.69. The molecule has 0 spiro atoms. The van der Waals surface area contributed by atoms with Crippen molar-refractivity contribution in [3.63, 3.8) is 0 Å². The lowest BCUT2D eigenvalue weighted by Gasteiger charge is -2.20. The maximum atomic E-state index is 5.95. The molecular weight excluding hydrogens is 238 g/mol. The van der Waals surface area contributed by atoms with Gasteiger partial charge in [-0.1, -0.05) is 6.07 Å². The smallest absolute Gasteiger partial charge is 0.123 e. The van der Waals surface area contributed by atoms with Crippen molar-refractivity contribution in [3.8, 4) is 5.75 Å². The Morgan fingerprint density at radius 3 is 2.68 bits per heavy atom. The zero-order valence-electron chi connectivity index (χ0n) is 11.6. The Balaban J connectivity index is 2.55. The third-order valence-electron chi connectivity index (χ3n) is 3.26. The van der Waals surface area contributed by atoms with Crippen molar-refractivity contribution >= 4 is 0 Å². The molecule has 1 atom stereocenters. The Morgan fingerprint density at radius 1 is 1.32 bits per heavy atom. The van der Waals surface area contributed by atoms with Gasteiger partial charge in [-0.2, -0.15) is 0 Å². The minimum Gasteiger partial charge on any atom is -0.496 e. The van der Waals surface area contributed by atoms with E-state index >= 15 is 0 Å². The Hall–Kier alpha value is -1.94. The summed E-state index contributed by atoms with van der Waals surface area (Å²) in [6.45, 7) is 4.62. The van der Waals surface area contributed by atoms with Gasteiger partial charge >= 0.3 is 0 Å². The Kier molecular flexibility index (Phi) is 4.12. The number of aromatic nitrogens is 2. The lowest BCUT2D eigenvalue weighted by Crippen LogP contribution is -2.17. The largest absolute Gasteiger partial charge is 0.496 e. The zero-order chi connectivity index (χ0) is 13.8. The fourth-order valence-corrected chi connectivity index (χ4v) is 2.45. The quantitative estimate of drug-likeness (QED) is 0.912. The molecule has 0 bridgehead atoms. The molecule has 0 aliphatic rings. The Labute approximate surface area is 113 Å². The maximum Gasteiger partial charge on any atom is 0.123 e. The van der Waals surface area contributed by atoms with Gasteiger partial charge in [0.2, 0.25) is 0 Å². The number of nitrogens with two attached hydrogens (primary N) is 1. The number of hydrogen-bond donors (Lipinski definition) is 1. The summed E-state index contributed by atoms with van der Waals surface area (Å²) in [6.07, 6.45) is 3.29. The molecule has 2 aromatic rings. The Morgan fingerprint density at radius 2 is 2.11 bits per heavy atom. The molecule has 0 saturated carbocycles. The molecule has 0 radical (unpaired) electrons. The van der Waals surface area contributed by atoms with Crippen molar-refractivity contribution in [2.45, 2.75) is 19.8 Å². The first-order chi connectivity index (χ1) is 9.17. The summed E-state index contributed by atoms with van der Waals surface area (Å²) in [5, 5.41) is 0. The molecule has 1 aromatic heterocycles. The van der Waals surface area contributed by atoms with Gasteiger partial charge in [-0.3, -0.25) is 0 Å². The van der Waals surface area contributed by atoms with Gasteiger partial charge in [-0.05, 0) is 37.1 Å². The number of rotatable bonds is 4. The van der Waals surface area contributed by atoms with Crippen LogP contribution in [0.5, 0.6) is 5.75 Å². The topological polar surface area (TPSA) is 61.0 Å². The molecule has 0 amide bonds. The minimum atomic E-state index is 0.0264. The summed E-state index contributed by atoms with van der Waals surface area (Å²) in [5.41, 5.74) is 10.3. The van der Waals surface area contributed by atoms with Crippen LogP contribution in [0.2, 0.25) is 0 Å². The molecule has 2 rings (SSSR count). The lowest BCUT2D eigenvalue weighted by atomic mass is 9.90. The number of aryl methyl sites for hydroxylation is 2. The number of ether oxygens (including phenoxy) is 1. The summed E-state index contributed by atoms with van der Waals surface area (Å²) in [4.78, 5) is 8.27. The number of hydrogen-bond acceptors (Lipinski definition) is 4. The van der Waals surface area contributed by atoms with Gasteiger partial charge in [-0.25, -0.2) is 9.97 Å². The van der Waals surface area contributed by atoms with Crippen LogP contribution in [-0.4, -0.2) is 23.6 Å². The van der Waals surface area contributed by atoms with Crippen molar-refractivity contribution in [2.75, 3.05) is 13.7 Å². The molecule has 1 unspecified atom stereocenters. The van der Waals surface area contributed by atoms with Crippen LogP contribution in [0.3, 0.4) is 0 Å². The van der Waals surface area contributed by atoms with Crippen LogP contribution in [0.15, 0.2) is 30.7 Å². The first kappa shape index (κ1) is 13.5. The highest BCUT2D eigenvalue weighted by atomic mass is 16.5. The molecule has 4 heteroatoms. The molecule has 4 nitrogen and oxygen atoms in total. The number of benzene rings is 1. The average Bonchev–Trinajstić information content (AvgIpc) is 2.42. The predicted molar refractivity (Wildman–Crippen MR) is 75.4 cm³/mol. The van der Waals surface area contributed by atoms with Crippen LogP contribution >= 0.6 is 0 Å². The van der Waals surface area contributed by atoms with Crippen molar-refractivity contribution in [1.29, 1.82) is 0 Å². The second-order valence-corrected chi connectivity index (χ2v) is 4.62. The van der Waals surface area contributed by atoms with Gasteiger partial charge in [0.05, 0.1) is 12.8 Å². The summed E-state index contributed by atoms with van der Waals surface area (Å²) >= 11 is 0. The van der Waals surface area contributed by atoms with E-state index in [4.69, 9.17) is 10.5 Å². The molecule has 100 valence electrons. The average molecular weight is 257 g/mol. The predicted octanol–water partition coefficient (Wildman–Crippen LogP) is 2.19. The van der Waals surface area contributed by atoms with E-state index in [0.29, 0.717) is 6.54 Å². The van der Waals surface area contributed by atoms with Crippen molar-refractivity contribution in [2.24, 2.45) is 5.73 Å². The molecule has 2 N–H and O–H groups in total. The molecule has 1 aromatic carbocycles. The SMILES string of the molecule is COc1cc(C)cc(C)c1C(CN)c1ccncn1. The molecule has 0 aliphatic carbocycles. The van der Waals surface area contributed by atoms with E-state index in [1.165, 1.54) is 11.1 Å². The Bertz CT molecular complexity index is 555.